The molecule has 6 nitrogen and oxygen atoms in total. The maximum absolute atomic E-state index is 4.87. The molecule has 1 aliphatic rings. The lowest BCUT2D eigenvalue weighted by molar-refractivity contribution is 0.244. The molecule has 1 atom stereocenters. The first kappa shape index (κ1) is 16.7. The average Bonchev–Trinajstić information content (AvgIpc) is 3.26. The van der Waals surface area contributed by atoms with Crippen LogP contribution in [0, 0.1) is 6.92 Å². The molecule has 0 amide bonds. The summed E-state index contributed by atoms with van der Waals surface area (Å²) in [6.45, 7) is 4.06. The Kier molecular flexibility index (Phi) is 4.67. The van der Waals surface area contributed by atoms with Crippen LogP contribution in [0.15, 0.2) is 48.9 Å². The van der Waals surface area contributed by atoms with Gasteiger partial charge in [0.1, 0.15) is 11.6 Å². The van der Waals surface area contributed by atoms with E-state index in [1.54, 1.807) is 6.20 Å². The van der Waals surface area contributed by atoms with Crippen molar-refractivity contribution in [1.82, 2.24) is 24.6 Å². The zero-order valence-electron chi connectivity index (χ0n) is 15.3. The Hall–Kier alpha value is -2.73. The van der Waals surface area contributed by atoms with Crippen LogP contribution in [0.5, 0.6) is 0 Å². The number of anilines is 2. The number of aryl methyl sites for hydroxylation is 2. The van der Waals surface area contributed by atoms with Crippen LogP contribution in [0.25, 0.3) is 0 Å². The summed E-state index contributed by atoms with van der Waals surface area (Å²) in [6.07, 6.45) is 8.17. The molecule has 1 saturated heterocycles. The average molecular weight is 348 g/mol. The van der Waals surface area contributed by atoms with Gasteiger partial charge in [0, 0.05) is 31.5 Å². The summed E-state index contributed by atoms with van der Waals surface area (Å²) >= 11 is 0. The van der Waals surface area contributed by atoms with E-state index in [0.717, 1.165) is 42.4 Å². The van der Waals surface area contributed by atoms with Crippen LogP contribution in [-0.4, -0.2) is 31.2 Å². The Morgan fingerprint density at radius 2 is 2.15 bits per heavy atom. The fourth-order valence-electron chi connectivity index (χ4n) is 3.58. The largest absolute Gasteiger partial charge is 0.325 e. The van der Waals surface area contributed by atoms with Crippen molar-refractivity contribution in [1.29, 1.82) is 0 Å². The van der Waals surface area contributed by atoms with Crippen LogP contribution >= 0.6 is 0 Å². The number of pyridine rings is 2. The number of hydrogen-bond donors (Lipinski definition) is 1. The van der Waals surface area contributed by atoms with Crippen molar-refractivity contribution in [2.24, 2.45) is 7.05 Å². The van der Waals surface area contributed by atoms with Crippen LogP contribution in [0.4, 0.5) is 11.6 Å². The van der Waals surface area contributed by atoms with Gasteiger partial charge in [0.2, 0.25) is 0 Å². The van der Waals surface area contributed by atoms with E-state index in [0.29, 0.717) is 6.04 Å². The minimum atomic E-state index is 0.349. The maximum atomic E-state index is 4.87. The number of likely N-dealkylation sites (tertiary alicyclic amines) is 1. The van der Waals surface area contributed by atoms with Gasteiger partial charge in [-0.25, -0.2) is 9.97 Å². The zero-order chi connectivity index (χ0) is 17.9. The van der Waals surface area contributed by atoms with Gasteiger partial charge in [0.05, 0.1) is 17.9 Å². The first-order chi connectivity index (χ1) is 12.7. The minimum Gasteiger partial charge on any atom is -0.325 e. The van der Waals surface area contributed by atoms with Crippen LogP contribution in [-0.2, 0) is 13.6 Å². The molecule has 6 heteroatoms. The standard InChI is InChI=1S/C20H24N6/c1-15-6-4-10-21-20(15)24-19-9-3-7-17(23-19)18-8-5-11-26(18)14-16-12-22-25(2)13-16/h3-4,6-7,9-10,12-13,18H,5,8,11,14H2,1-2H3,(H,21,23,24)/t18-/m0/s1. The molecule has 1 N–H and O–H groups in total. The van der Waals surface area contributed by atoms with E-state index >= 15 is 0 Å². The lowest BCUT2D eigenvalue weighted by atomic mass is 10.1. The third-order valence-corrected chi connectivity index (χ3v) is 4.88. The molecule has 0 radical (unpaired) electrons. The predicted molar refractivity (Wildman–Crippen MR) is 102 cm³/mol. The number of aromatic nitrogens is 4. The van der Waals surface area contributed by atoms with E-state index in [2.05, 4.69) is 38.6 Å². The van der Waals surface area contributed by atoms with Crippen molar-refractivity contribution < 1.29 is 0 Å². The fourth-order valence-corrected chi connectivity index (χ4v) is 3.58. The highest BCUT2D eigenvalue weighted by Gasteiger charge is 2.27. The number of rotatable bonds is 5. The number of nitrogens with zero attached hydrogens (tertiary/aromatic N) is 5. The molecule has 0 unspecified atom stereocenters. The number of hydrogen-bond acceptors (Lipinski definition) is 5. The monoisotopic (exact) mass is 348 g/mol. The van der Waals surface area contributed by atoms with Gasteiger partial charge in [0.25, 0.3) is 0 Å². The second-order valence-corrected chi connectivity index (χ2v) is 6.89. The molecule has 3 aromatic rings. The van der Waals surface area contributed by atoms with Gasteiger partial charge in [-0.2, -0.15) is 5.10 Å². The highest BCUT2D eigenvalue weighted by molar-refractivity contribution is 5.55. The Balaban J connectivity index is 1.52. The van der Waals surface area contributed by atoms with Crippen LogP contribution in [0.2, 0.25) is 0 Å². The summed E-state index contributed by atoms with van der Waals surface area (Å²) in [5.74, 6) is 1.70. The summed E-state index contributed by atoms with van der Waals surface area (Å²) in [6, 6.07) is 10.5. The molecule has 1 fully saturated rings. The van der Waals surface area contributed by atoms with E-state index in [1.807, 2.05) is 43.0 Å². The second-order valence-electron chi connectivity index (χ2n) is 6.89. The molecule has 1 aliphatic heterocycles. The molecular weight excluding hydrogens is 324 g/mol. The SMILES string of the molecule is Cc1cccnc1Nc1cccc([C@@H]2CCCN2Cc2cnn(C)c2)n1. The quantitative estimate of drug-likeness (QED) is 0.763. The van der Waals surface area contributed by atoms with Gasteiger partial charge in [-0.1, -0.05) is 12.1 Å². The normalized spacial score (nSPS) is 17.5. The molecule has 0 aliphatic carbocycles. The van der Waals surface area contributed by atoms with Gasteiger partial charge < -0.3 is 5.32 Å². The van der Waals surface area contributed by atoms with Gasteiger partial charge in [-0.05, 0) is 50.1 Å². The molecule has 3 aromatic heterocycles. The Morgan fingerprint density at radius 1 is 1.23 bits per heavy atom. The van der Waals surface area contributed by atoms with Crippen LogP contribution in [0.3, 0.4) is 0 Å². The molecule has 0 spiro atoms. The summed E-state index contributed by atoms with van der Waals surface area (Å²) in [4.78, 5) is 11.8. The second kappa shape index (κ2) is 7.25. The predicted octanol–water partition coefficient (Wildman–Crippen LogP) is 3.60. The van der Waals surface area contributed by atoms with Crippen molar-refractivity contribution in [3.8, 4) is 0 Å². The van der Waals surface area contributed by atoms with Crippen molar-refractivity contribution >= 4 is 11.6 Å². The van der Waals surface area contributed by atoms with E-state index in [4.69, 9.17) is 4.98 Å². The minimum absolute atomic E-state index is 0.349. The maximum Gasteiger partial charge on any atom is 0.134 e. The third kappa shape index (κ3) is 3.60. The summed E-state index contributed by atoms with van der Waals surface area (Å²) in [7, 11) is 1.96. The van der Waals surface area contributed by atoms with E-state index in [1.165, 1.54) is 12.0 Å². The van der Waals surface area contributed by atoms with Crippen LogP contribution in [0.1, 0.15) is 35.7 Å². The molecule has 0 saturated carbocycles. The molecule has 4 rings (SSSR count). The van der Waals surface area contributed by atoms with Gasteiger partial charge >= 0.3 is 0 Å². The Morgan fingerprint density at radius 3 is 2.96 bits per heavy atom. The smallest absolute Gasteiger partial charge is 0.134 e. The molecule has 26 heavy (non-hydrogen) atoms. The summed E-state index contributed by atoms with van der Waals surface area (Å²) in [5, 5.41) is 7.63. The molecule has 0 bridgehead atoms. The summed E-state index contributed by atoms with van der Waals surface area (Å²) < 4.78 is 1.86. The first-order valence-electron chi connectivity index (χ1n) is 9.06. The number of nitrogens with one attached hydrogen (secondary N) is 1. The van der Waals surface area contributed by atoms with E-state index in [-0.39, 0.29) is 0 Å². The van der Waals surface area contributed by atoms with Gasteiger partial charge in [-0.3, -0.25) is 9.58 Å². The first-order valence-corrected chi connectivity index (χ1v) is 9.06. The molecule has 134 valence electrons. The van der Waals surface area contributed by atoms with Crippen LogP contribution < -0.4 is 5.32 Å². The van der Waals surface area contributed by atoms with E-state index in [9.17, 15) is 0 Å². The lowest BCUT2D eigenvalue weighted by Gasteiger charge is -2.23. The van der Waals surface area contributed by atoms with Gasteiger partial charge in [0.15, 0.2) is 0 Å². The van der Waals surface area contributed by atoms with E-state index < -0.39 is 0 Å². The highest BCUT2D eigenvalue weighted by Crippen LogP contribution is 2.32. The molecular formula is C20H24N6. The molecule has 4 heterocycles. The molecule has 0 aromatic carbocycles. The van der Waals surface area contributed by atoms with Crippen molar-refractivity contribution in [3.05, 3.63) is 65.7 Å². The fraction of sp³-hybridized carbons (Fsp3) is 0.350. The third-order valence-electron chi connectivity index (χ3n) is 4.88. The highest BCUT2D eigenvalue weighted by atomic mass is 15.3. The van der Waals surface area contributed by atoms with Crippen molar-refractivity contribution in [2.75, 3.05) is 11.9 Å². The van der Waals surface area contributed by atoms with Gasteiger partial charge in [-0.15, -0.1) is 0 Å². The zero-order valence-corrected chi connectivity index (χ0v) is 15.3. The summed E-state index contributed by atoms with van der Waals surface area (Å²) in [5.41, 5.74) is 3.47. The Labute approximate surface area is 153 Å². The lowest BCUT2D eigenvalue weighted by Crippen LogP contribution is -2.23. The van der Waals surface area contributed by atoms with Crippen molar-refractivity contribution in [2.45, 2.75) is 32.4 Å². The Bertz CT molecular complexity index is 887. The topological polar surface area (TPSA) is 58.9 Å². The van der Waals surface area contributed by atoms with Crippen molar-refractivity contribution in [3.63, 3.8) is 0 Å².